The maximum atomic E-state index is 13.2. The van der Waals surface area contributed by atoms with Crippen LogP contribution in [0.1, 0.15) is 39.7 Å². The molecule has 0 unspecified atom stereocenters. The van der Waals surface area contributed by atoms with Gasteiger partial charge in [0.15, 0.2) is 0 Å². The predicted molar refractivity (Wildman–Crippen MR) is 125 cm³/mol. The van der Waals surface area contributed by atoms with Crippen LogP contribution in [-0.2, 0) is 6.61 Å². The van der Waals surface area contributed by atoms with Crippen molar-refractivity contribution in [3.8, 4) is 5.75 Å². The maximum absolute atomic E-state index is 13.2. The van der Waals surface area contributed by atoms with Crippen molar-refractivity contribution in [1.29, 1.82) is 0 Å². The first-order valence-corrected chi connectivity index (χ1v) is 11.5. The molecule has 1 aromatic heterocycles. The van der Waals surface area contributed by atoms with Gasteiger partial charge in [0.1, 0.15) is 12.4 Å². The zero-order valence-electron chi connectivity index (χ0n) is 17.2. The molecule has 0 saturated carbocycles. The van der Waals surface area contributed by atoms with Crippen LogP contribution in [0.15, 0.2) is 78.9 Å². The van der Waals surface area contributed by atoms with Crippen molar-refractivity contribution in [2.24, 2.45) is 0 Å². The molecular weight excluding hydrogens is 404 g/mol. The molecule has 0 bridgehead atoms. The van der Waals surface area contributed by atoms with Crippen molar-refractivity contribution in [3.63, 3.8) is 0 Å². The van der Waals surface area contributed by atoms with E-state index in [0.29, 0.717) is 23.8 Å². The third kappa shape index (κ3) is 4.32. The Labute approximate surface area is 186 Å². The summed E-state index contributed by atoms with van der Waals surface area (Å²) in [6.07, 6.45) is 1.89. The van der Waals surface area contributed by atoms with Gasteiger partial charge in [-0.05, 0) is 42.7 Å². The molecule has 1 aliphatic heterocycles. The Morgan fingerprint density at radius 1 is 0.935 bits per heavy atom. The molecule has 0 aliphatic carbocycles. The van der Waals surface area contributed by atoms with Crippen molar-refractivity contribution >= 4 is 27.5 Å². The Morgan fingerprint density at radius 2 is 1.65 bits per heavy atom. The topological polar surface area (TPSA) is 42.4 Å². The predicted octanol–water partition coefficient (Wildman–Crippen LogP) is 5.90. The number of para-hydroxylation sites is 2. The Balaban J connectivity index is 1.25. The smallest absolute Gasteiger partial charge is 0.257 e. The lowest BCUT2D eigenvalue weighted by molar-refractivity contribution is 0.0708. The third-order valence-electron chi connectivity index (χ3n) is 5.80. The summed E-state index contributed by atoms with van der Waals surface area (Å²) in [4.78, 5) is 20.0. The number of thiazole rings is 1. The van der Waals surface area contributed by atoms with Gasteiger partial charge >= 0.3 is 0 Å². The van der Waals surface area contributed by atoms with Crippen molar-refractivity contribution in [3.05, 3.63) is 95.0 Å². The molecule has 156 valence electrons. The first kappa shape index (κ1) is 19.8. The van der Waals surface area contributed by atoms with Crippen LogP contribution in [-0.4, -0.2) is 28.9 Å². The summed E-state index contributed by atoms with van der Waals surface area (Å²) in [6, 6.07) is 25.9. The van der Waals surface area contributed by atoms with Crippen LogP contribution in [0.4, 0.5) is 0 Å². The standard InChI is InChI=1S/C26H24N2O2S/c29-26(21-10-4-6-12-23(21)30-18-19-8-2-1-3-9-19)28-16-14-20(15-17-28)25-27-22-11-5-7-13-24(22)31-25/h1-13,20H,14-18H2. The molecule has 3 aromatic carbocycles. The highest BCUT2D eigenvalue weighted by atomic mass is 32.1. The molecule has 4 aromatic rings. The van der Waals surface area contributed by atoms with Crippen molar-refractivity contribution in [1.82, 2.24) is 9.88 Å². The monoisotopic (exact) mass is 428 g/mol. The molecular formula is C26H24N2O2S. The van der Waals surface area contributed by atoms with Gasteiger partial charge in [-0.15, -0.1) is 11.3 Å². The van der Waals surface area contributed by atoms with Crippen molar-refractivity contribution in [2.45, 2.75) is 25.4 Å². The van der Waals surface area contributed by atoms with Crippen LogP contribution < -0.4 is 4.74 Å². The molecule has 1 amide bonds. The van der Waals surface area contributed by atoms with E-state index >= 15 is 0 Å². The molecule has 4 nitrogen and oxygen atoms in total. The number of aromatic nitrogens is 1. The zero-order chi connectivity index (χ0) is 21.0. The highest BCUT2D eigenvalue weighted by molar-refractivity contribution is 7.18. The molecule has 0 spiro atoms. The Morgan fingerprint density at radius 3 is 2.45 bits per heavy atom. The van der Waals surface area contributed by atoms with Crippen LogP contribution in [0.3, 0.4) is 0 Å². The van der Waals surface area contributed by atoms with Crippen LogP contribution in [0, 0.1) is 0 Å². The number of hydrogen-bond donors (Lipinski definition) is 0. The van der Waals surface area contributed by atoms with E-state index in [0.717, 1.165) is 37.0 Å². The minimum Gasteiger partial charge on any atom is -0.488 e. The van der Waals surface area contributed by atoms with Gasteiger partial charge in [-0.3, -0.25) is 4.79 Å². The van der Waals surface area contributed by atoms with E-state index in [-0.39, 0.29) is 5.91 Å². The first-order valence-electron chi connectivity index (χ1n) is 10.7. The molecule has 0 atom stereocenters. The SMILES string of the molecule is O=C(c1ccccc1OCc1ccccc1)N1CCC(c2nc3ccccc3s2)CC1. The lowest BCUT2D eigenvalue weighted by atomic mass is 9.97. The normalized spacial score (nSPS) is 14.6. The van der Waals surface area contributed by atoms with E-state index in [1.807, 2.05) is 65.6 Å². The first-order chi connectivity index (χ1) is 15.3. The fraction of sp³-hybridized carbons (Fsp3) is 0.231. The van der Waals surface area contributed by atoms with Gasteiger partial charge in [0.2, 0.25) is 0 Å². The molecule has 5 rings (SSSR count). The maximum Gasteiger partial charge on any atom is 0.257 e. The number of carbonyl (C=O) groups is 1. The van der Waals surface area contributed by atoms with Gasteiger partial charge in [0.25, 0.3) is 5.91 Å². The van der Waals surface area contributed by atoms with Gasteiger partial charge in [0.05, 0.1) is 20.8 Å². The minimum absolute atomic E-state index is 0.0476. The summed E-state index contributed by atoms with van der Waals surface area (Å²) in [5.41, 5.74) is 2.80. The van der Waals surface area contributed by atoms with Gasteiger partial charge < -0.3 is 9.64 Å². The number of carbonyl (C=O) groups excluding carboxylic acids is 1. The summed E-state index contributed by atoms with van der Waals surface area (Å²) >= 11 is 1.78. The second kappa shape index (κ2) is 8.90. The molecule has 5 heteroatoms. The second-order valence-corrected chi connectivity index (χ2v) is 8.92. The van der Waals surface area contributed by atoms with Crippen molar-refractivity contribution in [2.75, 3.05) is 13.1 Å². The van der Waals surface area contributed by atoms with Crippen LogP contribution in [0.2, 0.25) is 0 Å². The number of benzene rings is 3. The van der Waals surface area contributed by atoms with E-state index in [1.165, 1.54) is 9.71 Å². The van der Waals surface area contributed by atoms with E-state index in [4.69, 9.17) is 9.72 Å². The van der Waals surface area contributed by atoms with Crippen molar-refractivity contribution < 1.29 is 9.53 Å². The summed E-state index contributed by atoms with van der Waals surface area (Å²) in [7, 11) is 0. The lowest BCUT2D eigenvalue weighted by Gasteiger charge is -2.31. The number of likely N-dealkylation sites (tertiary alicyclic amines) is 1. The van der Waals surface area contributed by atoms with E-state index < -0.39 is 0 Å². The molecule has 2 heterocycles. The number of hydrogen-bond acceptors (Lipinski definition) is 4. The third-order valence-corrected chi connectivity index (χ3v) is 7.00. The quantitative estimate of drug-likeness (QED) is 0.398. The summed E-state index contributed by atoms with van der Waals surface area (Å²) in [6.45, 7) is 1.93. The number of amides is 1. The van der Waals surface area contributed by atoms with Crippen LogP contribution in [0.25, 0.3) is 10.2 Å². The molecule has 1 aliphatic rings. The molecule has 0 N–H and O–H groups in total. The minimum atomic E-state index is 0.0476. The number of rotatable bonds is 5. The fourth-order valence-corrected chi connectivity index (χ4v) is 5.21. The molecule has 1 fully saturated rings. The zero-order valence-corrected chi connectivity index (χ0v) is 18.1. The van der Waals surface area contributed by atoms with Crippen LogP contribution in [0.5, 0.6) is 5.75 Å². The fourth-order valence-electron chi connectivity index (χ4n) is 4.07. The molecule has 31 heavy (non-hydrogen) atoms. The van der Waals surface area contributed by atoms with Gasteiger partial charge in [-0.2, -0.15) is 0 Å². The molecule has 1 saturated heterocycles. The van der Waals surface area contributed by atoms with Gasteiger partial charge in [-0.25, -0.2) is 4.98 Å². The molecule has 0 radical (unpaired) electrons. The number of nitrogens with zero attached hydrogens (tertiary/aromatic N) is 2. The Kier molecular flexibility index (Phi) is 5.67. The number of fused-ring (bicyclic) bond motifs is 1. The highest BCUT2D eigenvalue weighted by Gasteiger charge is 2.27. The van der Waals surface area contributed by atoms with E-state index in [9.17, 15) is 4.79 Å². The van der Waals surface area contributed by atoms with Gasteiger partial charge in [0, 0.05) is 19.0 Å². The summed E-state index contributed by atoms with van der Waals surface area (Å²) in [5, 5.41) is 1.19. The Hall–Kier alpha value is -3.18. The highest BCUT2D eigenvalue weighted by Crippen LogP contribution is 2.34. The second-order valence-electron chi connectivity index (χ2n) is 7.86. The van der Waals surface area contributed by atoms with Gasteiger partial charge in [-0.1, -0.05) is 54.6 Å². The summed E-state index contributed by atoms with van der Waals surface area (Å²) in [5.74, 6) is 1.11. The summed E-state index contributed by atoms with van der Waals surface area (Å²) < 4.78 is 7.24. The average molecular weight is 429 g/mol. The van der Waals surface area contributed by atoms with Crippen LogP contribution >= 0.6 is 11.3 Å². The van der Waals surface area contributed by atoms with E-state index in [2.05, 4.69) is 18.2 Å². The number of piperidine rings is 1. The lowest BCUT2D eigenvalue weighted by Crippen LogP contribution is -2.38. The Bertz CT molecular complexity index is 1150. The van der Waals surface area contributed by atoms with E-state index in [1.54, 1.807) is 11.3 Å². The largest absolute Gasteiger partial charge is 0.488 e. The number of ether oxygens (including phenoxy) is 1. The average Bonchev–Trinajstić information content (AvgIpc) is 3.28.